The first kappa shape index (κ1) is 46.4. The third kappa shape index (κ3) is 6.77. The van der Waals surface area contributed by atoms with Gasteiger partial charge in [0.25, 0.3) is 5.50 Å². The van der Waals surface area contributed by atoms with Crippen LogP contribution in [0.15, 0.2) is 0 Å². The first-order valence-corrected chi connectivity index (χ1v) is 13.0. The summed E-state index contributed by atoms with van der Waals surface area (Å²) in [6, 6.07) is 0. The average Bonchev–Trinajstić information content (AvgIpc) is 2.88. The van der Waals surface area contributed by atoms with Crippen LogP contribution in [-0.2, 0) is 10.1 Å². The molecule has 1 unspecified atom stereocenters. The lowest BCUT2D eigenvalue weighted by atomic mass is 9.86. The molecule has 0 fully saturated rings. The van der Waals surface area contributed by atoms with Crippen LogP contribution in [0, 0.1) is 0 Å². The van der Waals surface area contributed by atoms with Crippen LogP contribution in [0.25, 0.3) is 0 Å². The highest BCUT2D eigenvalue weighted by atomic mass is 32.2. The first-order valence-electron chi connectivity index (χ1n) is 11.6. The summed E-state index contributed by atoms with van der Waals surface area (Å²) in [5, 5.41) is 0. The number of quaternary nitrogens is 1. The fraction of sp³-hybridized carbons (Fsp3) is 1.00. The van der Waals surface area contributed by atoms with Gasteiger partial charge in [-0.2, -0.15) is 92.2 Å². The van der Waals surface area contributed by atoms with Crippen LogP contribution >= 0.6 is 0 Å². The maximum Gasteiger partial charge on any atom is 0.460 e. The zero-order valence-corrected chi connectivity index (χ0v) is 23.6. The topological polar surface area (TPSA) is 57.2 Å². The number of halogens is 22. The van der Waals surface area contributed by atoms with Crippen molar-refractivity contribution in [1.29, 1.82) is 0 Å². The Bertz CT molecular complexity index is 1110. The standard InChI is InChI=1S/C11H2F22O3S.C8H20N/c12-1(37(34,35)36)2(13,14)3(15,16)4(17,18)5(19,20)6(21,22)7(23,24)8(25,26)9(27,28)10(29,30)11(31,32)33;1-5-9(6-2,7-3)8-4/h1H,(H,34,35,36);5-8H2,1-4H3/q;+1/p-1. The quantitative estimate of drug-likeness (QED) is 0.103. The molecule has 0 radical (unpaired) electrons. The Morgan fingerprint density at radius 1 is 0.457 bits per heavy atom. The minimum absolute atomic E-state index is 1.28. The molecule has 1 atom stereocenters. The molecule has 0 saturated heterocycles. The molecule has 0 heterocycles. The second-order valence-electron chi connectivity index (χ2n) is 9.13. The minimum Gasteiger partial charge on any atom is -0.746 e. The van der Waals surface area contributed by atoms with Crippen molar-refractivity contribution in [3.8, 4) is 0 Å². The predicted molar refractivity (Wildman–Crippen MR) is 108 cm³/mol. The SMILES string of the molecule is CC[N+](CC)(CC)CC.O=S(=O)([O-])C(F)C(F)(F)C(F)(F)C(F)(F)C(F)(F)C(F)(F)C(F)(F)C(F)(F)C(F)(F)C(F)(F)C(F)(F)F. The van der Waals surface area contributed by atoms with E-state index in [1.165, 1.54) is 30.7 Å². The minimum atomic E-state index is -9.46. The monoisotopic (exact) mass is 761 g/mol. The summed E-state index contributed by atoms with van der Waals surface area (Å²) in [7, 11) is -7.66. The Morgan fingerprint density at radius 2 is 0.652 bits per heavy atom. The zero-order chi connectivity index (χ0) is 38.4. The molecule has 46 heavy (non-hydrogen) atoms. The highest BCUT2D eigenvalue weighted by Crippen LogP contribution is 2.66. The summed E-state index contributed by atoms with van der Waals surface area (Å²) in [4.78, 5) is 0. The van der Waals surface area contributed by atoms with Gasteiger partial charge in [0.1, 0.15) is 10.1 Å². The summed E-state index contributed by atoms with van der Waals surface area (Å²) in [6.07, 6.45) is -8.12. The molecule has 280 valence electrons. The Labute approximate surface area is 244 Å². The third-order valence-electron chi connectivity index (χ3n) is 6.76. The maximum atomic E-state index is 13.4. The zero-order valence-electron chi connectivity index (χ0n) is 22.8. The highest BCUT2D eigenvalue weighted by molar-refractivity contribution is 7.86. The molecule has 27 heteroatoms. The van der Waals surface area contributed by atoms with E-state index < -0.39 is 75.1 Å². The predicted octanol–water partition coefficient (Wildman–Crippen LogP) is 7.99. The van der Waals surface area contributed by atoms with Crippen molar-refractivity contribution in [3.05, 3.63) is 0 Å². The van der Waals surface area contributed by atoms with E-state index in [9.17, 15) is 110 Å². The smallest absolute Gasteiger partial charge is 0.460 e. The van der Waals surface area contributed by atoms with Crippen LogP contribution in [0.1, 0.15) is 27.7 Å². The summed E-state index contributed by atoms with van der Waals surface area (Å²) in [5.74, 6) is -81.4. The van der Waals surface area contributed by atoms with Gasteiger partial charge in [-0.3, -0.25) is 0 Å². The number of hydrogen-bond acceptors (Lipinski definition) is 3. The normalized spacial score (nSPS) is 16.6. The van der Waals surface area contributed by atoms with E-state index in [0.29, 0.717) is 0 Å². The molecular formula is C19H21F22NO3S. The van der Waals surface area contributed by atoms with E-state index in [4.69, 9.17) is 0 Å². The van der Waals surface area contributed by atoms with Crippen molar-refractivity contribution in [2.45, 2.75) is 92.7 Å². The van der Waals surface area contributed by atoms with Crippen LogP contribution in [0.2, 0.25) is 0 Å². The highest BCUT2D eigenvalue weighted by Gasteiger charge is 2.98. The molecular weight excluding hydrogens is 740 g/mol. The summed E-state index contributed by atoms with van der Waals surface area (Å²) < 4.78 is 316. The van der Waals surface area contributed by atoms with Crippen LogP contribution in [0.5, 0.6) is 0 Å². The van der Waals surface area contributed by atoms with Gasteiger partial charge >= 0.3 is 59.5 Å². The van der Waals surface area contributed by atoms with E-state index in [1.807, 2.05) is 0 Å². The van der Waals surface area contributed by atoms with Crippen molar-refractivity contribution in [1.82, 2.24) is 0 Å². The van der Waals surface area contributed by atoms with Gasteiger partial charge in [0.15, 0.2) is 0 Å². The molecule has 0 rings (SSSR count). The summed E-state index contributed by atoms with van der Waals surface area (Å²) in [6.45, 7) is 14.2. The molecule has 0 aromatic rings. The third-order valence-corrected chi connectivity index (χ3v) is 7.56. The summed E-state index contributed by atoms with van der Waals surface area (Å²) >= 11 is 0. The molecule has 0 aliphatic rings. The molecule has 0 saturated carbocycles. The van der Waals surface area contributed by atoms with Crippen LogP contribution in [0.4, 0.5) is 96.6 Å². The van der Waals surface area contributed by atoms with Crippen LogP contribution in [0.3, 0.4) is 0 Å². The molecule has 0 aliphatic heterocycles. The van der Waals surface area contributed by atoms with E-state index in [0.717, 1.165) is 0 Å². The lowest BCUT2D eigenvalue weighted by Gasteiger charge is -2.44. The van der Waals surface area contributed by atoms with Crippen molar-refractivity contribution >= 4 is 10.1 Å². The van der Waals surface area contributed by atoms with Gasteiger partial charge in [0.2, 0.25) is 0 Å². The Balaban J connectivity index is 0. The van der Waals surface area contributed by atoms with Gasteiger partial charge in [-0.05, 0) is 27.7 Å². The fourth-order valence-corrected chi connectivity index (χ4v) is 3.75. The molecule has 0 bridgehead atoms. The summed E-state index contributed by atoms with van der Waals surface area (Å²) in [5.41, 5.74) is -6.32. The van der Waals surface area contributed by atoms with Crippen molar-refractivity contribution in [2.24, 2.45) is 0 Å². The lowest BCUT2D eigenvalue weighted by Crippen LogP contribution is -2.77. The molecule has 0 amide bonds. The van der Waals surface area contributed by atoms with Crippen LogP contribution < -0.4 is 0 Å². The van der Waals surface area contributed by atoms with Crippen molar-refractivity contribution < 1.29 is 114 Å². The first-order chi connectivity index (χ1) is 19.6. The van der Waals surface area contributed by atoms with Gasteiger partial charge in [0, 0.05) is 0 Å². The fourth-order valence-electron chi connectivity index (χ4n) is 3.24. The molecule has 0 aromatic carbocycles. The number of nitrogens with zero attached hydrogens (tertiary/aromatic N) is 1. The largest absolute Gasteiger partial charge is 0.746 e. The van der Waals surface area contributed by atoms with Gasteiger partial charge in [-0.1, -0.05) is 0 Å². The van der Waals surface area contributed by atoms with Gasteiger partial charge in [-0.15, -0.1) is 0 Å². The molecule has 0 spiro atoms. The van der Waals surface area contributed by atoms with Gasteiger partial charge < -0.3 is 9.04 Å². The Morgan fingerprint density at radius 3 is 0.804 bits per heavy atom. The second kappa shape index (κ2) is 13.0. The maximum absolute atomic E-state index is 13.4. The van der Waals surface area contributed by atoms with Crippen molar-refractivity contribution in [3.63, 3.8) is 0 Å². The van der Waals surface area contributed by atoms with E-state index in [2.05, 4.69) is 27.7 Å². The number of rotatable bonds is 14. The van der Waals surface area contributed by atoms with E-state index in [-0.39, 0.29) is 0 Å². The van der Waals surface area contributed by atoms with Gasteiger partial charge in [0.05, 0.1) is 26.2 Å². The van der Waals surface area contributed by atoms with Crippen molar-refractivity contribution in [2.75, 3.05) is 26.2 Å². The van der Waals surface area contributed by atoms with E-state index in [1.54, 1.807) is 0 Å². The van der Waals surface area contributed by atoms with E-state index >= 15 is 0 Å². The molecule has 0 aromatic heterocycles. The lowest BCUT2D eigenvalue weighted by molar-refractivity contribution is -0.921. The number of alkyl halides is 22. The van der Waals surface area contributed by atoms with Crippen LogP contribution in [-0.4, -0.2) is 109 Å². The number of hydrogen-bond donors (Lipinski definition) is 0. The Hall–Kier alpha value is -1.67. The molecule has 0 N–H and O–H groups in total. The molecule has 0 aliphatic carbocycles. The Kier molecular flexibility index (Phi) is 13.1. The molecule has 4 nitrogen and oxygen atoms in total. The second-order valence-corrected chi connectivity index (χ2v) is 10.5. The average molecular weight is 761 g/mol. The van der Waals surface area contributed by atoms with Gasteiger partial charge in [-0.25, -0.2) is 12.8 Å².